The first-order valence-corrected chi connectivity index (χ1v) is 10.4. The highest BCUT2D eigenvalue weighted by atomic mass is 16.5. The van der Waals surface area contributed by atoms with Gasteiger partial charge in [-0.25, -0.2) is 4.79 Å². The third-order valence-electron chi connectivity index (χ3n) is 5.69. The molecule has 1 unspecified atom stereocenters. The monoisotopic (exact) mass is 424 g/mol. The molecule has 2 aromatic carbocycles. The lowest BCUT2D eigenvalue weighted by molar-refractivity contribution is -0.142. The number of aliphatic carboxylic acids is 1. The van der Waals surface area contributed by atoms with Crippen molar-refractivity contribution < 1.29 is 24.2 Å². The van der Waals surface area contributed by atoms with Crippen LogP contribution >= 0.6 is 0 Å². The number of carboxylic acids is 1. The summed E-state index contributed by atoms with van der Waals surface area (Å²) in [5.74, 6) is -1.79. The first-order valence-electron chi connectivity index (χ1n) is 10.4. The van der Waals surface area contributed by atoms with E-state index in [-0.39, 0.29) is 12.5 Å². The van der Waals surface area contributed by atoms with Crippen LogP contribution in [0.15, 0.2) is 48.5 Å². The Hall–Kier alpha value is -3.35. The van der Waals surface area contributed by atoms with Gasteiger partial charge in [-0.05, 0) is 42.5 Å². The largest absolute Gasteiger partial charge is 0.480 e. The number of benzene rings is 2. The highest BCUT2D eigenvalue weighted by Crippen LogP contribution is 2.44. The first kappa shape index (κ1) is 22.3. The standard InChI is InChI=1S/C24H28N2O5/c1-4-13-24(3,22(29)25-15(2)21(27)28)26-23(30)31-14-20-18-11-7-5-9-16(18)17-10-6-8-12-19(17)20/h5-12,15,20H,4,13-14H2,1-3H3,(H,25,29)(H,26,30)(H,27,28)/t15-,24?/m1/s1. The number of rotatable bonds is 8. The Balaban J connectivity index is 1.70. The van der Waals surface area contributed by atoms with Crippen LogP contribution in [0, 0.1) is 0 Å². The molecule has 0 aliphatic heterocycles. The zero-order valence-corrected chi connectivity index (χ0v) is 18.0. The van der Waals surface area contributed by atoms with Gasteiger partial charge in [0.25, 0.3) is 0 Å². The summed E-state index contributed by atoms with van der Waals surface area (Å²) in [6, 6.07) is 15.0. The van der Waals surface area contributed by atoms with Crippen molar-refractivity contribution in [3.8, 4) is 11.1 Å². The van der Waals surface area contributed by atoms with Crippen molar-refractivity contribution in [2.24, 2.45) is 0 Å². The maximum atomic E-state index is 12.6. The predicted molar refractivity (Wildman–Crippen MR) is 117 cm³/mol. The molecule has 1 aliphatic carbocycles. The smallest absolute Gasteiger partial charge is 0.408 e. The van der Waals surface area contributed by atoms with Crippen LogP contribution in [0.3, 0.4) is 0 Å². The van der Waals surface area contributed by atoms with E-state index >= 15 is 0 Å². The van der Waals surface area contributed by atoms with Crippen LogP contribution in [-0.2, 0) is 14.3 Å². The van der Waals surface area contributed by atoms with Crippen molar-refractivity contribution in [1.82, 2.24) is 10.6 Å². The van der Waals surface area contributed by atoms with E-state index < -0.39 is 29.6 Å². The van der Waals surface area contributed by atoms with Crippen molar-refractivity contribution in [3.63, 3.8) is 0 Å². The molecule has 0 spiro atoms. The van der Waals surface area contributed by atoms with E-state index in [4.69, 9.17) is 9.84 Å². The third kappa shape index (κ3) is 4.71. The van der Waals surface area contributed by atoms with Gasteiger partial charge in [-0.1, -0.05) is 61.9 Å². The normalized spacial score (nSPS) is 15.2. The maximum Gasteiger partial charge on any atom is 0.408 e. The van der Waals surface area contributed by atoms with Gasteiger partial charge in [0.2, 0.25) is 5.91 Å². The zero-order valence-electron chi connectivity index (χ0n) is 18.0. The van der Waals surface area contributed by atoms with E-state index in [1.165, 1.54) is 6.92 Å². The fraction of sp³-hybridized carbons (Fsp3) is 0.375. The molecule has 2 aromatic rings. The molecule has 164 valence electrons. The molecule has 7 nitrogen and oxygen atoms in total. The van der Waals surface area contributed by atoms with Crippen molar-refractivity contribution in [3.05, 3.63) is 59.7 Å². The predicted octanol–water partition coefficient (Wildman–Crippen LogP) is 3.67. The quantitative estimate of drug-likeness (QED) is 0.600. The summed E-state index contributed by atoms with van der Waals surface area (Å²) < 4.78 is 5.54. The molecular weight excluding hydrogens is 396 g/mol. The molecular formula is C24H28N2O5. The van der Waals surface area contributed by atoms with Crippen LogP contribution in [0.4, 0.5) is 4.79 Å². The van der Waals surface area contributed by atoms with E-state index in [1.54, 1.807) is 6.92 Å². The second kappa shape index (κ2) is 9.20. The summed E-state index contributed by atoms with van der Waals surface area (Å²) in [6.07, 6.45) is 0.251. The molecule has 0 heterocycles. The summed E-state index contributed by atoms with van der Waals surface area (Å²) in [5.41, 5.74) is 3.18. The lowest BCUT2D eigenvalue weighted by atomic mass is 9.94. The van der Waals surface area contributed by atoms with E-state index in [9.17, 15) is 14.4 Å². The SMILES string of the molecule is CCCC(C)(NC(=O)OCC1c2ccccc2-c2ccccc21)C(=O)N[C@H](C)C(=O)O. The zero-order chi connectivity index (χ0) is 22.6. The Kier molecular flexibility index (Phi) is 6.63. The number of hydrogen-bond acceptors (Lipinski definition) is 4. The Morgan fingerprint density at radius 2 is 1.61 bits per heavy atom. The Morgan fingerprint density at radius 3 is 2.13 bits per heavy atom. The molecule has 0 fully saturated rings. The topological polar surface area (TPSA) is 105 Å². The number of carbonyl (C=O) groups is 3. The fourth-order valence-electron chi connectivity index (χ4n) is 4.01. The van der Waals surface area contributed by atoms with Crippen LogP contribution in [0.5, 0.6) is 0 Å². The highest BCUT2D eigenvalue weighted by Gasteiger charge is 2.37. The minimum absolute atomic E-state index is 0.0866. The molecule has 3 rings (SSSR count). The van der Waals surface area contributed by atoms with Crippen molar-refractivity contribution in [2.45, 2.75) is 51.1 Å². The van der Waals surface area contributed by atoms with E-state index in [2.05, 4.69) is 22.8 Å². The summed E-state index contributed by atoms with van der Waals surface area (Å²) >= 11 is 0. The number of amides is 2. The minimum Gasteiger partial charge on any atom is -0.480 e. The second-order valence-electron chi connectivity index (χ2n) is 8.07. The number of fused-ring (bicyclic) bond motifs is 3. The molecule has 0 aromatic heterocycles. The molecule has 2 amide bonds. The van der Waals surface area contributed by atoms with E-state index in [0.29, 0.717) is 12.8 Å². The number of carboxylic acid groups (broad SMARTS) is 1. The van der Waals surface area contributed by atoms with Crippen LogP contribution in [-0.4, -0.2) is 41.3 Å². The first-order chi connectivity index (χ1) is 14.8. The van der Waals surface area contributed by atoms with Crippen molar-refractivity contribution in [2.75, 3.05) is 6.61 Å². The Labute approximate surface area is 181 Å². The Morgan fingerprint density at radius 1 is 1.06 bits per heavy atom. The van der Waals surface area contributed by atoms with Gasteiger partial charge < -0.3 is 20.5 Å². The van der Waals surface area contributed by atoms with Crippen molar-refractivity contribution in [1.29, 1.82) is 0 Å². The molecule has 7 heteroatoms. The van der Waals surface area contributed by atoms with Crippen LogP contribution in [0.25, 0.3) is 11.1 Å². The summed E-state index contributed by atoms with van der Waals surface area (Å²) in [4.78, 5) is 36.3. The summed E-state index contributed by atoms with van der Waals surface area (Å²) in [7, 11) is 0. The van der Waals surface area contributed by atoms with Crippen LogP contribution < -0.4 is 10.6 Å². The van der Waals surface area contributed by atoms with Gasteiger partial charge in [-0.3, -0.25) is 9.59 Å². The third-order valence-corrected chi connectivity index (χ3v) is 5.69. The van der Waals surface area contributed by atoms with Crippen LogP contribution in [0.2, 0.25) is 0 Å². The number of nitrogens with one attached hydrogen (secondary N) is 2. The molecule has 0 bridgehead atoms. The molecule has 2 atom stereocenters. The summed E-state index contributed by atoms with van der Waals surface area (Å²) in [5, 5.41) is 14.1. The van der Waals surface area contributed by atoms with Crippen molar-refractivity contribution >= 4 is 18.0 Å². The highest BCUT2D eigenvalue weighted by molar-refractivity contribution is 5.92. The molecule has 31 heavy (non-hydrogen) atoms. The second-order valence-corrected chi connectivity index (χ2v) is 8.07. The van der Waals surface area contributed by atoms with Gasteiger partial charge in [0.15, 0.2) is 0 Å². The number of ether oxygens (including phenoxy) is 1. The lowest BCUT2D eigenvalue weighted by Gasteiger charge is -2.30. The number of hydrogen-bond donors (Lipinski definition) is 3. The molecule has 1 aliphatic rings. The van der Waals surface area contributed by atoms with E-state index in [1.807, 2.05) is 43.3 Å². The summed E-state index contributed by atoms with van der Waals surface area (Å²) in [6.45, 7) is 4.96. The van der Waals surface area contributed by atoms with E-state index in [0.717, 1.165) is 22.3 Å². The minimum atomic E-state index is -1.28. The van der Waals surface area contributed by atoms with Gasteiger partial charge in [-0.15, -0.1) is 0 Å². The maximum absolute atomic E-state index is 12.6. The van der Waals surface area contributed by atoms with Gasteiger partial charge >= 0.3 is 12.1 Å². The molecule has 0 saturated carbocycles. The lowest BCUT2D eigenvalue weighted by Crippen LogP contribution is -2.59. The van der Waals surface area contributed by atoms with Gasteiger partial charge in [0.05, 0.1) is 0 Å². The average molecular weight is 424 g/mol. The Bertz CT molecular complexity index is 944. The number of alkyl carbamates (subject to hydrolysis) is 1. The van der Waals surface area contributed by atoms with Gasteiger partial charge in [-0.2, -0.15) is 0 Å². The van der Waals surface area contributed by atoms with Crippen LogP contribution in [0.1, 0.15) is 50.7 Å². The average Bonchev–Trinajstić information content (AvgIpc) is 3.06. The molecule has 0 radical (unpaired) electrons. The molecule has 0 saturated heterocycles. The molecule has 3 N–H and O–H groups in total. The number of carbonyl (C=O) groups excluding carboxylic acids is 2. The van der Waals surface area contributed by atoms with Gasteiger partial charge in [0.1, 0.15) is 18.2 Å². The fourth-order valence-corrected chi connectivity index (χ4v) is 4.01. The van der Waals surface area contributed by atoms with Gasteiger partial charge in [0, 0.05) is 5.92 Å².